The van der Waals surface area contributed by atoms with Crippen molar-refractivity contribution in [1.29, 1.82) is 0 Å². The van der Waals surface area contributed by atoms with E-state index in [1.807, 2.05) is 6.92 Å². The Kier molecular flexibility index (Phi) is 6.00. The minimum Gasteiger partial charge on any atom is -0.490 e. The smallest absolute Gasteiger partial charge is 0.232 e. The summed E-state index contributed by atoms with van der Waals surface area (Å²) >= 11 is 0. The van der Waals surface area contributed by atoms with Gasteiger partial charge in [-0.1, -0.05) is 19.4 Å². The lowest BCUT2D eigenvalue weighted by atomic mass is 10.1. The molecule has 0 radical (unpaired) electrons. The average Bonchev–Trinajstić information content (AvgIpc) is 2.29. The van der Waals surface area contributed by atoms with Gasteiger partial charge in [0.25, 0.3) is 0 Å². The second kappa shape index (κ2) is 7.05. The summed E-state index contributed by atoms with van der Waals surface area (Å²) < 4.78 is 53.5. The quantitative estimate of drug-likeness (QED) is 0.725. The monoisotopic (exact) mass is 312 g/mol. The van der Waals surface area contributed by atoms with Gasteiger partial charge in [-0.05, 0) is 18.6 Å². The molecule has 0 bridgehead atoms. The molecule has 1 aromatic carbocycles. The highest BCUT2D eigenvalue weighted by Gasteiger charge is 2.18. The third kappa shape index (κ3) is 5.74. The Morgan fingerprint density at radius 1 is 1.37 bits per heavy atom. The highest BCUT2D eigenvalue weighted by atomic mass is 35.7. The Hall–Kier alpha value is -0.880. The Balaban J connectivity index is 2.68. The lowest BCUT2D eigenvalue weighted by Gasteiger charge is -2.15. The first kappa shape index (κ1) is 16.2. The van der Waals surface area contributed by atoms with Crippen molar-refractivity contribution < 1.29 is 21.9 Å². The van der Waals surface area contributed by atoms with E-state index < -0.39 is 20.7 Å². The van der Waals surface area contributed by atoms with E-state index in [-0.39, 0.29) is 24.0 Å². The normalized spacial score (nSPS) is 13.3. The average molecular weight is 313 g/mol. The minimum atomic E-state index is -3.64. The van der Waals surface area contributed by atoms with Gasteiger partial charge < -0.3 is 4.74 Å². The largest absolute Gasteiger partial charge is 0.490 e. The molecule has 0 saturated heterocycles. The first-order valence-corrected chi connectivity index (χ1v) is 8.30. The molecule has 3 nitrogen and oxygen atoms in total. The molecule has 1 aromatic rings. The molecule has 19 heavy (non-hydrogen) atoms. The van der Waals surface area contributed by atoms with E-state index in [2.05, 4.69) is 0 Å². The van der Waals surface area contributed by atoms with E-state index in [0.717, 1.165) is 12.5 Å². The van der Waals surface area contributed by atoms with E-state index in [4.69, 9.17) is 15.4 Å². The third-order valence-corrected chi connectivity index (χ3v) is 3.77. The zero-order valence-electron chi connectivity index (χ0n) is 10.4. The fraction of sp³-hybridized carbons (Fsp3) is 0.500. The summed E-state index contributed by atoms with van der Waals surface area (Å²) in [5, 5.41) is 0. The molecule has 0 heterocycles. The summed E-state index contributed by atoms with van der Waals surface area (Å²) in [4.78, 5) is 0. The van der Waals surface area contributed by atoms with E-state index in [1.165, 1.54) is 12.1 Å². The van der Waals surface area contributed by atoms with Crippen LogP contribution in [0.3, 0.4) is 0 Å². The van der Waals surface area contributed by atoms with Gasteiger partial charge in [0.15, 0.2) is 11.6 Å². The number of hydrogen-bond acceptors (Lipinski definition) is 3. The van der Waals surface area contributed by atoms with Gasteiger partial charge in [0.05, 0.1) is 12.4 Å². The molecule has 0 aliphatic carbocycles. The standard InChI is InChI=1S/C12H15ClF2O3S/c1-2-4-9(8-19(13,16)17)7-18-11-6-3-5-10(14)12(11)15/h3,5-6,9H,2,4,7-8H2,1H3. The minimum absolute atomic E-state index is 0.0276. The number of hydrogen-bond donors (Lipinski definition) is 0. The maximum Gasteiger partial charge on any atom is 0.232 e. The van der Waals surface area contributed by atoms with E-state index in [1.54, 1.807) is 0 Å². The highest BCUT2D eigenvalue weighted by Crippen LogP contribution is 2.21. The van der Waals surface area contributed by atoms with Gasteiger partial charge in [0.1, 0.15) is 0 Å². The molecule has 1 atom stereocenters. The van der Waals surface area contributed by atoms with Crippen LogP contribution in [0.4, 0.5) is 8.78 Å². The molecule has 0 N–H and O–H groups in total. The van der Waals surface area contributed by atoms with Crippen LogP contribution in [0.1, 0.15) is 19.8 Å². The predicted octanol–water partition coefficient (Wildman–Crippen LogP) is 3.33. The molecule has 1 unspecified atom stereocenters. The van der Waals surface area contributed by atoms with Gasteiger partial charge in [0, 0.05) is 16.6 Å². The second-order valence-electron chi connectivity index (χ2n) is 4.22. The van der Waals surface area contributed by atoms with E-state index >= 15 is 0 Å². The van der Waals surface area contributed by atoms with E-state index in [9.17, 15) is 17.2 Å². The van der Waals surface area contributed by atoms with Crippen molar-refractivity contribution in [3.63, 3.8) is 0 Å². The van der Waals surface area contributed by atoms with Crippen LogP contribution in [0.5, 0.6) is 5.75 Å². The van der Waals surface area contributed by atoms with Crippen LogP contribution in [-0.2, 0) is 9.05 Å². The molecule has 0 aliphatic heterocycles. The summed E-state index contributed by atoms with van der Waals surface area (Å²) in [5.41, 5.74) is 0. The fourth-order valence-corrected chi connectivity index (χ4v) is 3.07. The Morgan fingerprint density at radius 2 is 2.05 bits per heavy atom. The van der Waals surface area contributed by atoms with Crippen molar-refractivity contribution >= 4 is 19.7 Å². The van der Waals surface area contributed by atoms with Gasteiger partial charge in [-0.3, -0.25) is 0 Å². The molecular weight excluding hydrogens is 298 g/mol. The van der Waals surface area contributed by atoms with Gasteiger partial charge >= 0.3 is 0 Å². The van der Waals surface area contributed by atoms with Crippen LogP contribution in [0.2, 0.25) is 0 Å². The predicted molar refractivity (Wildman–Crippen MR) is 69.9 cm³/mol. The number of ether oxygens (including phenoxy) is 1. The summed E-state index contributed by atoms with van der Waals surface area (Å²) in [7, 11) is 1.54. The number of benzene rings is 1. The Bertz CT molecular complexity index is 520. The molecule has 0 aromatic heterocycles. The van der Waals surface area contributed by atoms with Gasteiger partial charge in [-0.25, -0.2) is 12.8 Å². The van der Waals surface area contributed by atoms with Crippen molar-refractivity contribution in [3.8, 4) is 5.75 Å². The highest BCUT2D eigenvalue weighted by molar-refractivity contribution is 8.13. The van der Waals surface area contributed by atoms with Crippen LogP contribution >= 0.6 is 10.7 Å². The van der Waals surface area contributed by atoms with Gasteiger partial charge in [-0.2, -0.15) is 4.39 Å². The van der Waals surface area contributed by atoms with Crippen molar-refractivity contribution in [2.75, 3.05) is 12.4 Å². The van der Waals surface area contributed by atoms with Gasteiger partial charge in [-0.15, -0.1) is 0 Å². The molecule has 0 saturated carbocycles. The lowest BCUT2D eigenvalue weighted by molar-refractivity contribution is 0.240. The molecule has 1 rings (SSSR count). The lowest BCUT2D eigenvalue weighted by Crippen LogP contribution is -2.20. The molecule has 108 valence electrons. The summed E-state index contributed by atoms with van der Waals surface area (Å²) in [6.07, 6.45) is 1.31. The zero-order valence-corrected chi connectivity index (χ0v) is 12.0. The topological polar surface area (TPSA) is 43.4 Å². The first-order chi connectivity index (χ1) is 8.83. The molecule has 0 spiro atoms. The first-order valence-electron chi connectivity index (χ1n) is 5.82. The van der Waals surface area contributed by atoms with Crippen LogP contribution in [0.25, 0.3) is 0 Å². The summed E-state index contributed by atoms with van der Waals surface area (Å²) in [6, 6.07) is 3.59. The van der Waals surface area contributed by atoms with Crippen LogP contribution in [0, 0.1) is 17.6 Å². The van der Waals surface area contributed by atoms with Crippen molar-refractivity contribution in [3.05, 3.63) is 29.8 Å². The van der Waals surface area contributed by atoms with Crippen molar-refractivity contribution in [2.24, 2.45) is 5.92 Å². The van der Waals surface area contributed by atoms with Crippen LogP contribution in [-0.4, -0.2) is 20.8 Å². The van der Waals surface area contributed by atoms with E-state index in [0.29, 0.717) is 6.42 Å². The number of halogens is 3. The Morgan fingerprint density at radius 3 is 2.63 bits per heavy atom. The molecule has 0 aliphatic rings. The maximum absolute atomic E-state index is 13.3. The van der Waals surface area contributed by atoms with Gasteiger partial charge in [0.2, 0.25) is 14.9 Å². The SMILES string of the molecule is CCCC(COc1cccc(F)c1F)CS(=O)(=O)Cl. The maximum atomic E-state index is 13.3. The zero-order chi connectivity index (χ0) is 14.5. The summed E-state index contributed by atoms with van der Waals surface area (Å²) in [5.74, 6) is -2.91. The number of rotatable bonds is 7. The molecular formula is C12H15ClF2O3S. The molecule has 7 heteroatoms. The van der Waals surface area contributed by atoms with Crippen LogP contribution in [0.15, 0.2) is 18.2 Å². The third-order valence-electron chi connectivity index (χ3n) is 2.52. The fourth-order valence-electron chi connectivity index (χ4n) is 1.71. The van der Waals surface area contributed by atoms with Crippen molar-refractivity contribution in [2.45, 2.75) is 19.8 Å². The molecule has 0 amide bonds. The summed E-state index contributed by atoms with van der Waals surface area (Å²) in [6.45, 7) is 1.86. The molecule has 0 fully saturated rings. The Labute approximate surface area is 115 Å². The van der Waals surface area contributed by atoms with Crippen molar-refractivity contribution in [1.82, 2.24) is 0 Å². The second-order valence-corrected chi connectivity index (χ2v) is 7.04. The van der Waals surface area contributed by atoms with Crippen LogP contribution < -0.4 is 4.74 Å².